The van der Waals surface area contributed by atoms with Gasteiger partial charge in [0.25, 0.3) is 5.91 Å². The normalized spacial score (nSPS) is 12.0. The quantitative estimate of drug-likeness (QED) is 0.194. The third-order valence-corrected chi connectivity index (χ3v) is 6.75. The SMILES string of the molecule is CCOC(=O)N[C@@H](Cc1ccccc1)C(=O)N/N=C\c1c(C)n(Cc2ccc(Cl)cc2Cl)c2ccccc12. The van der Waals surface area contributed by atoms with Gasteiger partial charge in [0.1, 0.15) is 6.04 Å². The van der Waals surface area contributed by atoms with Gasteiger partial charge in [0.15, 0.2) is 0 Å². The number of carbonyl (C=O) groups excluding carboxylic acids is 2. The van der Waals surface area contributed by atoms with Gasteiger partial charge in [-0.25, -0.2) is 10.2 Å². The maximum Gasteiger partial charge on any atom is 0.407 e. The van der Waals surface area contributed by atoms with Crippen LogP contribution in [0.1, 0.15) is 29.3 Å². The number of aromatic nitrogens is 1. The zero-order valence-corrected chi connectivity index (χ0v) is 22.6. The van der Waals surface area contributed by atoms with Gasteiger partial charge < -0.3 is 14.6 Å². The average Bonchev–Trinajstić information content (AvgIpc) is 3.16. The zero-order valence-electron chi connectivity index (χ0n) is 21.1. The first-order valence-electron chi connectivity index (χ1n) is 12.2. The van der Waals surface area contributed by atoms with Gasteiger partial charge in [0, 0.05) is 45.2 Å². The van der Waals surface area contributed by atoms with E-state index in [2.05, 4.69) is 20.4 Å². The first kappa shape index (κ1) is 27.2. The Morgan fingerprint density at radius 3 is 2.53 bits per heavy atom. The molecule has 0 aliphatic rings. The second-order valence-corrected chi connectivity index (χ2v) is 9.52. The molecule has 0 unspecified atom stereocenters. The number of fused-ring (bicyclic) bond motifs is 1. The molecule has 2 N–H and O–H groups in total. The predicted molar refractivity (Wildman–Crippen MR) is 152 cm³/mol. The van der Waals surface area contributed by atoms with Crippen molar-refractivity contribution in [1.82, 2.24) is 15.3 Å². The Hall–Kier alpha value is -3.81. The van der Waals surface area contributed by atoms with Crippen LogP contribution < -0.4 is 10.7 Å². The molecule has 0 bridgehead atoms. The number of halogens is 2. The molecule has 1 heterocycles. The van der Waals surface area contributed by atoms with E-state index in [1.807, 2.05) is 73.7 Å². The van der Waals surface area contributed by atoms with Gasteiger partial charge in [-0.2, -0.15) is 5.10 Å². The summed E-state index contributed by atoms with van der Waals surface area (Å²) < 4.78 is 7.12. The summed E-state index contributed by atoms with van der Waals surface area (Å²) in [6.45, 7) is 4.45. The van der Waals surface area contributed by atoms with Gasteiger partial charge >= 0.3 is 6.09 Å². The number of carbonyl (C=O) groups is 2. The highest BCUT2D eigenvalue weighted by molar-refractivity contribution is 6.35. The molecule has 0 saturated carbocycles. The van der Waals surface area contributed by atoms with E-state index in [0.29, 0.717) is 23.0 Å². The molecule has 0 radical (unpaired) electrons. The third kappa shape index (κ3) is 6.54. The Morgan fingerprint density at radius 1 is 1.05 bits per heavy atom. The van der Waals surface area contributed by atoms with Crippen molar-refractivity contribution in [2.45, 2.75) is 32.9 Å². The monoisotopic (exact) mass is 550 g/mol. The summed E-state index contributed by atoms with van der Waals surface area (Å²) in [5.74, 6) is -0.451. The molecule has 0 aliphatic carbocycles. The molecular weight excluding hydrogens is 523 g/mol. The molecule has 0 fully saturated rings. The molecule has 2 amide bonds. The molecule has 3 aromatic carbocycles. The molecule has 0 spiro atoms. The fourth-order valence-electron chi connectivity index (χ4n) is 4.26. The number of hydrogen-bond donors (Lipinski definition) is 2. The topological polar surface area (TPSA) is 84.7 Å². The fraction of sp³-hybridized carbons (Fsp3) is 0.207. The number of nitrogens with one attached hydrogen (secondary N) is 2. The fourth-order valence-corrected chi connectivity index (χ4v) is 4.73. The van der Waals surface area contributed by atoms with Crippen molar-refractivity contribution >= 4 is 52.3 Å². The van der Waals surface area contributed by atoms with Gasteiger partial charge in [-0.1, -0.05) is 77.8 Å². The minimum absolute atomic E-state index is 0.203. The van der Waals surface area contributed by atoms with Crippen LogP contribution >= 0.6 is 23.2 Å². The number of benzene rings is 3. The Balaban J connectivity index is 1.56. The van der Waals surface area contributed by atoms with Crippen molar-refractivity contribution in [3.63, 3.8) is 0 Å². The van der Waals surface area contributed by atoms with Crippen molar-refractivity contribution in [3.05, 3.63) is 105 Å². The highest BCUT2D eigenvalue weighted by atomic mass is 35.5. The standard InChI is InChI=1S/C29H28Cl2N4O3/c1-3-38-29(37)33-26(15-20-9-5-4-6-10-20)28(36)34-32-17-24-19(2)35(27-12-8-7-11-23(24)27)18-21-13-14-22(30)16-25(21)31/h4-14,16-17,26H,3,15,18H2,1-2H3,(H,33,37)(H,34,36)/b32-17-/t26-/m0/s1. The molecule has 4 rings (SSSR count). The van der Waals surface area contributed by atoms with Crippen molar-refractivity contribution < 1.29 is 14.3 Å². The Bertz CT molecular complexity index is 1470. The van der Waals surface area contributed by atoms with Crippen LogP contribution in [0.3, 0.4) is 0 Å². The molecule has 1 aromatic heterocycles. The number of ether oxygens (including phenoxy) is 1. The highest BCUT2D eigenvalue weighted by Crippen LogP contribution is 2.28. The Kier molecular flexibility index (Phi) is 9.05. The summed E-state index contributed by atoms with van der Waals surface area (Å²) >= 11 is 12.5. The lowest BCUT2D eigenvalue weighted by molar-refractivity contribution is -0.123. The lowest BCUT2D eigenvalue weighted by atomic mass is 10.1. The second-order valence-electron chi connectivity index (χ2n) is 8.68. The van der Waals surface area contributed by atoms with Crippen LogP contribution in [0.15, 0.2) is 77.9 Å². The summed E-state index contributed by atoms with van der Waals surface area (Å²) in [4.78, 5) is 25.1. The van der Waals surface area contributed by atoms with Crippen LogP contribution in [-0.2, 0) is 22.5 Å². The molecular formula is C29H28Cl2N4O3. The zero-order chi connectivity index (χ0) is 27.1. The number of nitrogens with zero attached hydrogens (tertiary/aromatic N) is 2. The first-order chi connectivity index (χ1) is 18.4. The van der Waals surface area contributed by atoms with Crippen LogP contribution in [0.4, 0.5) is 4.79 Å². The average molecular weight is 551 g/mol. The lowest BCUT2D eigenvalue weighted by Gasteiger charge is -2.16. The van der Waals surface area contributed by atoms with E-state index in [-0.39, 0.29) is 6.61 Å². The van der Waals surface area contributed by atoms with Gasteiger partial charge in [0.2, 0.25) is 0 Å². The number of alkyl carbamates (subject to hydrolysis) is 1. The molecule has 9 heteroatoms. The van der Waals surface area contributed by atoms with Gasteiger partial charge in [0.05, 0.1) is 12.8 Å². The maximum atomic E-state index is 13.0. The summed E-state index contributed by atoms with van der Waals surface area (Å²) in [7, 11) is 0. The first-order valence-corrected chi connectivity index (χ1v) is 12.9. The van der Waals surface area contributed by atoms with E-state index < -0.39 is 18.0 Å². The third-order valence-electron chi connectivity index (χ3n) is 6.16. The number of hydrazone groups is 1. The smallest absolute Gasteiger partial charge is 0.407 e. The van der Waals surface area contributed by atoms with E-state index >= 15 is 0 Å². The Labute approximate surface area is 231 Å². The van der Waals surface area contributed by atoms with Crippen LogP contribution in [-0.4, -0.2) is 35.4 Å². The van der Waals surface area contributed by atoms with Gasteiger partial charge in [-0.3, -0.25) is 4.79 Å². The minimum Gasteiger partial charge on any atom is -0.450 e. The van der Waals surface area contributed by atoms with Crippen LogP contribution in [0.25, 0.3) is 10.9 Å². The van der Waals surface area contributed by atoms with Crippen molar-refractivity contribution in [2.75, 3.05) is 6.61 Å². The van der Waals surface area contributed by atoms with E-state index in [9.17, 15) is 9.59 Å². The number of rotatable bonds is 9. The van der Waals surface area contributed by atoms with E-state index in [1.165, 1.54) is 0 Å². The minimum atomic E-state index is -0.858. The molecule has 38 heavy (non-hydrogen) atoms. The van der Waals surface area contributed by atoms with Crippen LogP contribution in [0, 0.1) is 6.92 Å². The maximum absolute atomic E-state index is 13.0. The summed E-state index contributed by atoms with van der Waals surface area (Å²) in [6, 6.07) is 22.0. The molecule has 0 aliphatic heterocycles. The molecule has 196 valence electrons. The van der Waals surface area contributed by atoms with E-state index in [4.69, 9.17) is 27.9 Å². The van der Waals surface area contributed by atoms with Crippen molar-refractivity contribution in [2.24, 2.45) is 5.10 Å². The van der Waals surface area contributed by atoms with Crippen molar-refractivity contribution in [1.29, 1.82) is 0 Å². The van der Waals surface area contributed by atoms with Gasteiger partial charge in [-0.15, -0.1) is 0 Å². The predicted octanol–water partition coefficient (Wildman–Crippen LogP) is 6.11. The number of hydrogen-bond acceptors (Lipinski definition) is 4. The molecule has 1 atom stereocenters. The molecule has 0 saturated heterocycles. The second kappa shape index (κ2) is 12.6. The number of para-hydroxylation sites is 1. The Morgan fingerprint density at radius 2 is 1.79 bits per heavy atom. The van der Waals surface area contributed by atoms with E-state index in [0.717, 1.165) is 33.3 Å². The van der Waals surface area contributed by atoms with E-state index in [1.54, 1.807) is 19.2 Å². The lowest BCUT2D eigenvalue weighted by Crippen LogP contribution is -2.47. The largest absolute Gasteiger partial charge is 0.450 e. The van der Waals surface area contributed by atoms with Crippen LogP contribution in [0.2, 0.25) is 10.0 Å². The summed E-state index contributed by atoms with van der Waals surface area (Å²) in [5.41, 5.74) is 7.25. The number of amides is 2. The van der Waals surface area contributed by atoms with Crippen molar-refractivity contribution in [3.8, 4) is 0 Å². The van der Waals surface area contributed by atoms with Crippen LogP contribution in [0.5, 0.6) is 0 Å². The summed E-state index contributed by atoms with van der Waals surface area (Å²) in [6.07, 6.45) is 1.26. The molecule has 7 nitrogen and oxygen atoms in total. The van der Waals surface area contributed by atoms with Gasteiger partial charge in [-0.05, 0) is 43.2 Å². The highest BCUT2D eigenvalue weighted by Gasteiger charge is 2.22. The summed E-state index contributed by atoms with van der Waals surface area (Å²) in [5, 5.41) is 9.03. The molecule has 4 aromatic rings.